The molecule has 1 saturated heterocycles. The van der Waals surface area contributed by atoms with Crippen molar-refractivity contribution < 1.29 is 27.5 Å². The molecule has 0 bridgehead atoms. The maximum Gasteiger partial charge on any atom is 0.307 e. The van der Waals surface area contributed by atoms with E-state index in [4.69, 9.17) is 0 Å². The van der Waals surface area contributed by atoms with Crippen LogP contribution in [0.25, 0.3) is 0 Å². The first kappa shape index (κ1) is 19.5. The molecule has 1 N–H and O–H groups in total. The van der Waals surface area contributed by atoms with Crippen LogP contribution in [0.1, 0.15) is 12.8 Å². The van der Waals surface area contributed by atoms with Gasteiger partial charge in [-0.1, -0.05) is 12.2 Å². The maximum atomic E-state index is 13.0. The third kappa shape index (κ3) is 4.03. The number of hydrogen-bond donors (Lipinski definition) is 1. The van der Waals surface area contributed by atoms with Crippen LogP contribution in [0.4, 0.5) is 4.39 Å². The Bertz CT molecular complexity index is 845. The summed E-state index contributed by atoms with van der Waals surface area (Å²) >= 11 is 0. The second kappa shape index (κ2) is 7.77. The van der Waals surface area contributed by atoms with Gasteiger partial charge in [0.15, 0.2) is 0 Å². The van der Waals surface area contributed by atoms with Crippen molar-refractivity contribution in [2.75, 3.05) is 26.2 Å². The van der Waals surface area contributed by atoms with Crippen LogP contribution in [0.5, 0.6) is 0 Å². The lowest BCUT2D eigenvalue weighted by Gasteiger charge is -2.37. The second-order valence-electron chi connectivity index (χ2n) is 6.68. The molecule has 1 aliphatic heterocycles. The number of carbonyl (C=O) groups is 2. The predicted molar refractivity (Wildman–Crippen MR) is 94.7 cm³/mol. The monoisotopic (exact) mass is 396 g/mol. The second-order valence-corrected chi connectivity index (χ2v) is 8.62. The van der Waals surface area contributed by atoms with Crippen molar-refractivity contribution in [1.82, 2.24) is 9.21 Å². The van der Waals surface area contributed by atoms with Gasteiger partial charge in [-0.2, -0.15) is 4.31 Å². The van der Waals surface area contributed by atoms with Gasteiger partial charge in [-0.15, -0.1) is 0 Å². The van der Waals surface area contributed by atoms with E-state index in [-0.39, 0.29) is 37.0 Å². The lowest BCUT2D eigenvalue weighted by Crippen LogP contribution is -2.53. The van der Waals surface area contributed by atoms with Crippen molar-refractivity contribution >= 4 is 21.9 Å². The fourth-order valence-electron chi connectivity index (χ4n) is 3.50. The summed E-state index contributed by atoms with van der Waals surface area (Å²) < 4.78 is 39.5. The summed E-state index contributed by atoms with van der Waals surface area (Å²) in [5, 5.41) is 9.33. The fourth-order valence-corrected chi connectivity index (χ4v) is 4.92. The van der Waals surface area contributed by atoms with Crippen LogP contribution in [-0.4, -0.2) is 60.8 Å². The van der Waals surface area contributed by atoms with E-state index in [0.29, 0.717) is 12.8 Å². The van der Waals surface area contributed by atoms with Crippen LogP contribution >= 0.6 is 0 Å². The Kier molecular flexibility index (Phi) is 5.61. The van der Waals surface area contributed by atoms with Crippen molar-refractivity contribution in [3.8, 4) is 0 Å². The zero-order valence-electron chi connectivity index (χ0n) is 14.6. The average molecular weight is 396 g/mol. The zero-order chi connectivity index (χ0) is 19.6. The number of halogens is 1. The van der Waals surface area contributed by atoms with E-state index in [1.165, 1.54) is 21.3 Å². The lowest BCUT2D eigenvalue weighted by molar-refractivity contribution is -0.151. The first-order chi connectivity index (χ1) is 12.8. The Balaban J connectivity index is 1.66. The number of rotatable bonds is 4. The number of hydrogen-bond acceptors (Lipinski definition) is 4. The van der Waals surface area contributed by atoms with E-state index in [2.05, 4.69) is 0 Å². The van der Waals surface area contributed by atoms with Gasteiger partial charge >= 0.3 is 5.97 Å². The highest BCUT2D eigenvalue weighted by atomic mass is 32.2. The number of amides is 1. The molecular weight excluding hydrogens is 375 g/mol. The molecule has 1 amide bonds. The summed E-state index contributed by atoms with van der Waals surface area (Å²) in [6, 6.07) is 4.62. The van der Waals surface area contributed by atoms with Gasteiger partial charge in [0.2, 0.25) is 15.9 Å². The minimum atomic E-state index is -3.75. The third-order valence-electron chi connectivity index (χ3n) is 5.07. The van der Waals surface area contributed by atoms with Gasteiger partial charge in [0.25, 0.3) is 0 Å². The van der Waals surface area contributed by atoms with E-state index in [0.717, 1.165) is 12.1 Å². The van der Waals surface area contributed by atoms with Crippen LogP contribution in [-0.2, 0) is 19.6 Å². The van der Waals surface area contributed by atoms with E-state index in [1.54, 1.807) is 6.08 Å². The Morgan fingerprint density at radius 2 is 1.52 bits per heavy atom. The number of allylic oxidation sites excluding steroid dienone is 2. The number of carboxylic acid groups (broad SMARTS) is 1. The molecule has 146 valence electrons. The predicted octanol–water partition coefficient (Wildman–Crippen LogP) is 1.33. The van der Waals surface area contributed by atoms with Gasteiger partial charge in [0, 0.05) is 26.2 Å². The number of carboxylic acids is 1. The van der Waals surface area contributed by atoms with Gasteiger partial charge < -0.3 is 10.0 Å². The summed E-state index contributed by atoms with van der Waals surface area (Å²) in [6.45, 7) is 0.634. The highest BCUT2D eigenvalue weighted by molar-refractivity contribution is 7.89. The average Bonchev–Trinajstić information content (AvgIpc) is 2.68. The van der Waals surface area contributed by atoms with Crippen LogP contribution < -0.4 is 0 Å². The largest absolute Gasteiger partial charge is 0.481 e. The smallest absolute Gasteiger partial charge is 0.307 e. The summed E-state index contributed by atoms with van der Waals surface area (Å²) in [4.78, 5) is 25.7. The molecule has 0 spiro atoms. The highest BCUT2D eigenvalue weighted by Crippen LogP contribution is 2.28. The molecule has 2 atom stereocenters. The van der Waals surface area contributed by atoms with Crippen LogP contribution in [0.15, 0.2) is 41.3 Å². The molecule has 9 heteroatoms. The Morgan fingerprint density at radius 3 is 2.07 bits per heavy atom. The van der Waals surface area contributed by atoms with Crippen LogP contribution in [0.3, 0.4) is 0 Å². The summed E-state index contributed by atoms with van der Waals surface area (Å²) in [7, 11) is -3.75. The summed E-state index contributed by atoms with van der Waals surface area (Å²) in [6.07, 6.45) is 4.29. The van der Waals surface area contributed by atoms with E-state index in [1.807, 2.05) is 6.08 Å². The van der Waals surface area contributed by atoms with E-state index >= 15 is 0 Å². The Labute approximate surface area is 157 Å². The van der Waals surface area contributed by atoms with Crippen molar-refractivity contribution in [2.24, 2.45) is 11.8 Å². The maximum absolute atomic E-state index is 13.0. The van der Waals surface area contributed by atoms with Gasteiger partial charge in [-0.3, -0.25) is 9.59 Å². The van der Waals surface area contributed by atoms with E-state index in [9.17, 15) is 27.5 Å². The molecule has 7 nitrogen and oxygen atoms in total. The molecular formula is C18H21FN2O5S. The molecule has 1 aliphatic carbocycles. The normalized spacial score (nSPS) is 24.0. The fraction of sp³-hybridized carbons (Fsp3) is 0.444. The first-order valence-corrected chi connectivity index (χ1v) is 10.2. The molecule has 0 radical (unpaired) electrons. The minimum absolute atomic E-state index is 0.00651. The molecule has 3 rings (SSSR count). The highest BCUT2D eigenvalue weighted by Gasteiger charge is 2.38. The minimum Gasteiger partial charge on any atom is -0.481 e. The van der Waals surface area contributed by atoms with Gasteiger partial charge in [0.05, 0.1) is 16.7 Å². The number of nitrogens with zero attached hydrogens (tertiary/aromatic N) is 2. The van der Waals surface area contributed by atoms with Gasteiger partial charge in [0.1, 0.15) is 5.82 Å². The van der Waals surface area contributed by atoms with Crippen molar-refractivity contribution in [1.29, 1.82) is 0 Å². The van der Waals surface area contributed by atoms with Crippen LogP contribution in [0, 0.1) is 17.7 Å². The third-order valence-corrected chi connectivity index (χ3v) is 6.98. The zero-order valence-corrected chi connectivity index (χ0v) is 15.4. The molecule has 0 aromatic heterocycles. The topological polar surface area (TPSA) is 95.0 Å². The number of carbonyl (C=O) groups excluding carboxylic acids is 1. The number of aliphatic carboxylic acids is 1. The quantitative estimate of drug-likeness (QED) is 0.775. The molecule has 1 aromatic rings. The molecule has 1 fully saturated rings. The van der Waals surface area contributed by atoms with Gasteiger partial charge in [-0.25, -0.2) is 12.8 Å². The Hall–Kier alpha value is -2.26. The lowest BCUT2D eigenvalue weighted by atomic mass is 9.82. The first-order valence-electron chi connectivity index (χ1n) is 8.73. The van der Waals surface area contributed by atoms with Crippen molar-refractivity contribution in [2.45, 2.75) is 17.7 Å². The molecule has 27 heavy (non-hydrogen) atoms. The summed E-state index contributed by atoms with van der Waals surface area (Å²) in [5.41, 5.74) is 0. The van der Waals surface area contributed by atoms with Crippen LogP contribution in [0.2, 0.25) is 0 Å². The molecule has 1 aromatic carbocycles. The number of sulfonamides is 1. The molecule has 2 aliphatic rings. The van der Waals surface area contributed by atoms with Crippen molar-refractivity contribution in [3.05, 3.63) is 42.2 Å². The van der Waals surface area contributed by atoms with E-state index < -0.39 is 33.6 Å². The molecule has 2 unspecified atom stereocenters. The standard InChI is InChI=1S/C18H21FN2O5S/c19-13-5-7-14(8-6-13)27(25,26)21-11-9-20(10-12-21)17(22)15-3-1-2-4-16(15)18(23)24/h1-2,5-8,15-16H,3-4,9-12H2,(H,23,24). The van der Waals surface area contributed by atoms with Gasteiger partial charge in [-0.05, 0) is 37.1 Å². The summed E-state index contributed by atoms with van der Waals surface area (Å²) in [5.74, 6) is -3.11. The molecule has 0 saturated carbocycles. The van der Waals surface area contributed by atoms with Crippen molar-refractivity contribution in [3.63, 3.8) is 0 Å². The number of benzene rings is 1. The molecule has 1 heterocycles. The Morgan fingerprint density at radius 1 is 0.963 bits per heavy atom. The SMILES string of the molecule is O=C(O)C1CC=CCC1C(=O)N1CCN(S(=O)(=O)c2ccc(F)cc2)CC1. The number of piperazine rings is 1.